The Hall–Kier alpha value is -2.84. The maximum Gasteiger partial charge on any atom is 0.206 e. The second-order valence-electron chi connectivity index (χ2n) is 5.78. The zero-order chi connectivity index (χ0) is 17.1. The highest BCUT2D eigenvalue weighted by atomic mass is 32.1. The minimum atomic E-state index is -0.00275. The number of nitrogens with one attached hydrogen (secondary N) is 2. The number of rotatable bonds is 6. The lowest BCUT2D eigenvalue weighted by Crippen LogP contribution is -2.31. The van der Waals surface area contributed by atoms with Gasteiger partial charge in [0.05, 0.1) is 11.7 Å². The minimum Gasteiger partial charge on any atom is -0.359 e. The topological polar surface area (TPSA) is 105 Å². The number of benzene rings is 1. The fourth-order valence-corrected chi connectivity index (χ4v) is 3.35. The summed E-state index contributed by atoms with van der Waals surface area (Å²) in [6.07, 6.45) is 6.15. The average molecular weight is 351 g/mol. The van der Waals surface area contributed by atoms with Crippen LogP contribution in [0.3, 0.4) is 0 Å². The molecule has 126 valence electrons. The Kier molecular flexibility index (Phi) is 4.36. The lowest BCUT2D eigenvalue weighted by atomic mass is 10.1. The number of nitrogens with zero attached hydrogens (tertiary/aromatic N) is 4. The van der Waals surface area contributed by atoms with Gasteiger partial charge in [0, 0.05) is 35.9 Å². The van der Waals surface area contributed by atoms with E-state index in [1.165, 1.54) is 16.9 Å². The molecule has 25 heavy (non-hydrogen) atoms. The van der Waals surface area contributed by atoms with E-state index in [0.717, 1.165) is 33.0 Å². The number of aromatic amines is 1. The summed E-state index contributed by atoms with van der Waals surface area (Å²) < 4.78 is 0. The van der Waals surface area contributed by atoms with E-state index in [4.69, 9.17) is 5.73 Å². The van der Waals surface area contributed by atoms with Crippen LogP contribution in [0.4, 0.5) is 5.13 Å². The van der Waals surface area contributed by atoms with E-state index in [9.17, 15) is 0 Å². The fourth-order valence-electron chi connectivity index (χ4n) is 2.60. The average Bonchev–Trinajstić information content (AvgIpc) is 3.29. The largest absolute Gasteiger partial charge is 0.359 e. The molecule has 0 fully saturated rings. The van der Waals surface area contributed by atoms with Crippen molar-refractivity contribution in [3.63, 3.8) is 0 Å². The summed E-state index contributed by atoms with van der Waals surface area (Å²) in [5.41, 5.74) is 9.40. The standard InChI is InChI=1S/C17H17N7S/c18-14(7-11-3-5-19-6-4-11)10-20-17-24-23-16(25-17)12-1-2-15-13(8-12)9-21-22-15/h1-6,8-9,14H,7,10,18H2,(H,20,24)(H,21,22). The predicted molar refractivity (Wildman–Crippen MR) is 99.4 cm³/mol. The molecule has 4 aromatic rings. The van der Waals surface area contributed by atoms with Crippen LogP contribution in [0.15, 0.2) is 48.9 Å². The van der Waals surface area contributed by atoms with Crippen molar-refractivity contribution in [3.8, 4) is 10.6 Å². The first kappa shape index (κ1) is 15.7. The van der Waals surface area contributed by atoms with Crippen LogP contribution in [0.25, 0.3) is 21.5 Å². The van der Waals surface area contributed by atoms with E-state index in [2.05, 4.69) is 36.8 Å². The van der Waals surface area contributed by atoms with Gasteiger partial charge in [0.2, 0.25) is 5.13 Å². The van der Waals surface area contributed by atoms with Gasteiger partial charge in [-0.15, -0.1) is 10.2 Å². The van der Waals surface area contributed by atoms with Crippen molar-refractivity contribution in [2.45, 2.75) is 12.5 Å². The van der Waals surface area contributed by atoms with E-state index < -0.39 is 0 Å². The molecule has 0 amide bonds. The van der Waals surface area contributed by atoms with E-state index in [-0.39, 0.29) is 6.04 Å². The Morgan fingerprint density at radius 3 is 2.92 bits per heavy atom. The van der Waals surface area contributed by atoms with E-state index in [1.54, 1.807) is 18.6 Å². The number of H-pyrrole nitrogens is 1. The quantitative estimate of drug-likeness (QED) is 0.493. The molecule has 0 radical (unpaired) electrons. The maximum absolute atomic E-state index is 6.18. The highest BCUT2D eigenvalue weighted by Crippen LogP contribution is 2.28. The summed E-state index contributed by atoms with van der Waals surface area (Å²) >= 11 is 1.52. The minimum absolute atomic E-state index is 0.00275. The first-order chi connectivity index (χ1) is 12.3. The molecular weight excluding hydrogens is 334 g/mol. The van der Waals surface area contributed by atoms with E-state index >= 15 is 0 Å². The van der Waals surface area contributed by atoms with E-state index in [0.29, 0.717) is 6.54 Å². The van der Waals surface area contributed by atoms with Gasteiger partial charge >= 0.3 is 0 Å². The molecule has 7 nitrogen and oxygen atoms in total. The summed E-state index contributed by atoms with van der Waals surface area (Å²) in [7, 11) is 0. The zero-order valence-electron chi connectivity index (χ0n) is 13.4. The van der Waals surface area contributed by atoms with Crippen LogP contribution in [0, 0.1) is 0 Å². The number of hydrogen-bond acceptors (Lipinski definition) is 7. The second kappa shape index (κ2) is 6.96. The number of pyridine rings is 1. The molecule has 4 N–H and O–H groups in total. The van der Waals surface area contributed by atoms with E-state index in [1.807, 2.05) is 24.3 Å². The van der Waals surface area contributed by atoms with Crippen molar-refractivity contribution in [1.29, 1.82) is 0 Å². The summed E-state index contributed by atoms with van der Waals surface area (Å²) in [6, 6.07) is 10.0. The first-order valence-corrected chi connectivity index (χ1v) is 8.75. The molecule has 3 aromatic heterocycles. The van der Waals surface area contributed by atoms with Gasteiger partial charge in [0.25, 0.3) is 0 Å². The van der Waals surface area contributed by atoms with Crippen molar-refractivity contribution in [2.75, 3.05) is 11.9 Å². The van der Waals surface area contributed by atoms with Gasteiger partial charge in [-0.2, -0.15) is 5.10 Å². The molecule has 1 aromatic carbocycles. The normalized spacial score (nSPS) is 12.4. The lowest BCUT2D eigenvalue weighted by Gasteiger charge is -2.11. The third-order valence-electron chi connectivity index (χ3n) is 3.87. The molecular formula is C17H17N7S. The molecule has 0 bridgehead atoms. The first-order valence-electron chi connectivity index (χ1n) is 7.93. The molecule has 0 aliphatic carbocycles. The maximum atomic E-state index is 6.18. The van der Waals surface area contributed by atoms with Gasteiger partial charge in [0.1, 0.15) is 5.01 Å². The summed E-state index contributed by atoms with van der Waals surface area (Å²) in [5.74, 6) is 0. The van der Waals surface area contributed by atoms with Crippen molar-refractivity contribution in [1.82, 2.24) is 25.4 Å². The molecule has 0 saturated carbocycles. The summed E-state index contributed by atoms with van der Waals surface area (Å²) in [4.78, 5) is 4.01. The highest BCUT2D eigenvalue weighted by Gasteiger charge is 2.10. The third kappa shape index (κ3) is 3.65. The van der Waals surface area contributed by atoms with Crippen LogP contribution >= 0.6 is 11.3 Å². The molecule has 0 aliphatic rings. The third-order valence-corrected chi connectivity index (χ3v) is 4.80. The number of nitrogens with two attached hydrogens (primary N) is 1. The monoisotopic (exact) mass is 351 g/mol. The van der Waals surface area contributed by atoms with Crippen LogP contribution in [0.5, 0.6) is 0 Å². The number of hydrogen-bond donors (Lipinski definition) is 3. The molecule has 1 atom stereocenters. The van der Waals surface area contributed by atoms with Gasteiger partial charge in [-0.3, -0.25) is 10.1 Å². The number of fused-ring (bicyclic) bond motifs is 1. The van der Waals surface area contributed by atoms with Crippen LogP contribution in [0.1, 0.15) is 5.56 Å². The van der Waals surface area contributed by atoms with Gasteiger partial charge in [-0.05, 0) is 42.3 Å². The smallest absolute Gasteiger partial charge is 0.206 e. The van der Waals surface area contributed by atoms with Crippen LogP contribution in [0.2, 0.25) is 0 Å². The Morgan fingerprint density at radius 1 is 1.16 bits per heavy atom. The lowest BCUT2D eigenvalue weighted by molar-refractivity contribution is 0.697. The van der Waals surface area contributed by atoms with Crippen molar-refractivity contribution >= 4 is 27.4 Å². The predicted octanol–water partition coefficient (Wildman–Crippen LogP) is 2.46. The molecule has 8 heteroatoms. The molecule has 3 heterocycles. The SMILES string of the molecule is NC(CNc1nnc(-c2ccc3[nH]ncc3c2)s1)Cc1ccncc1. The van der Waals surface area contributed by atoms with Crippen LogP contribution < -0.4 is 11.1 Å². The second-order valence-corrected chi connectivity index (χ2v) is 6.76. The van der Waals surface area contributed by atoms with Crippen molar-refractivity contribution < 1.29 is 0 Å². The Bertz CT molecular complexity index is 963. The molecule has 0 saturated heterocycles. The molecule has 0 aliphatic heterocycles. The van der Waals surface area contributed by atoms with Gasteiger partial charge in [-0.1, -0.05) is 11.3 Å². The van der Waals surface area contributed by atoms with Crippen molar-refractivity contribution in [2.24, 2.45) is 5.73 Å². The van der Waals surface area contributed by atoms with Gasteiger partial charge in [-0.25, -0.2) is 0 Å². The number of aromatic nitrogens is 5. The zero-order valence-corrected chi connectivity index (χ0v) is 14.2. The molecule has 1 unspecified atom stereocenters. The van der Waals surface area contributed by atoms with Crippen LogP contribution in [-0.2, 0) is 6.42 Å². The van der Waals surface area contributed by atoms with Gasteiger partial charge in [0.15, 0.2) is 0 Å². The molecule has 0 spiro atoms. The Morgan fingerprint density at radius 2 is 2.04 bits per heavy atom. The van der Waals surface area contributed by atoms with Crippen molar-refractivity contribution in [3.05, 3.63) is 54.5 Å². The van der Waals surface area contributed by atoms with Gasteiger partial charge < -0.3 is 11.1 Å². The Labute approximate surface area is 148 Å². The highest BCUT2D eigenvalue weighted by molar-refractivity contribution is 7.18. The summed E-state index contributed by atoms with van der Waals surface area (Å²) in [5, 5.41) is 21.4. The Balaban J connectivity index is 1.39. The fraction of sp³-hybridized carbons (Fsp3) is 0.176. The number of anilines is 1. The summed E-state index contributed by atoms with van der Waals surface area (Å²) in [6.45, 7) is 0.637. The molecule has 4 rings (SSSR count). The van der Waals surface area contributed by atoms with Crippen LogP contribution in [-0.4, -0.2) is 38.0 Å².